The largest absolute Gasteiger partial charge is 0.481 e. The molecule has 138 valence electrons. The van der Waals surface area contributed by atoms with Crippen LogP contribution in [0.3, 0.4) is 0 Å². The molecule has 0 radical (unpaired) electrons. The molecule has 2 aliphatic rings. The van der Waals surface area contributed by atoms with Crippen LogP contribution >= 0.6 is 0 Å². The molecule has 3 rings (SSSR count). The van der Waals surface area contributed by atoms with Gasteiger partial charge in [-0.25, -0.2) is 9.97 Å². The molecule has 1 aromatic rings. The first-order valence-corrected chi connectivity index (χ1v) is 9.03. The van der Waals surface area contributed by atoms with E-state index in [0.717, 1.165) is 51.3 Å². The fraction of sp³-hybridized carbons (Fsp3) is 0.722. The Labute approximate surface area is 149 Å². The minimum absolute atomic E-state index is 0.164. The van der Waals surface area contributed by atoms with Crippen molar-refractivity contribution in [2.75, 3.05) is 51.9 Å². The highest BCUT2D eigenvalue weighted by Crippen LogP contribution is 2.40. The zero-order chi connectivity index (χ0) is 17.7. The zero-order valence-electron chi connectivity index (χ0n) is 15.2. The molecule has 0 aliphatic carbocycles. The van der Waals surface area contributed by atoms with Gasteiger partial charge in [-0.2, -0.15) is 0 Å². The number of hydrogen-bond donors (Lipinski definition) is 0. The van der Waals surface area contributed by atoms with E-state index in [4.69, 9.17) is 9.47 Å². The summed E-state index contributed by atoms with van der Waals surface area (Å²) >= 11 is 0. The number of carbonyl (C=O) groups excluding carboxylic acids is 1. The van der Waals surface area contributed by atoms with E-state index in [1.54, 1.807) is 20.5 Å². The molecule has 25 heavy (non-hydrogen) atoms. The summed E-state index contributed by atoms with van der Waals surface area (Å²) in [6.07, 6.45) is 6.34. The molecule has 2 saturated heterocycles. The van der Waals surface area contributed by atoms with Crippen molar-refractivity contribution in [3.05, 3.63) is 12.4 Å². The van der Waals surface area contributed by atoms with Gasteiger partial charge in [-0.1, -0.05) is 0 Å². The maximum absolute atomic E-state index is 12.3. The minimum atomic E-state index is 0.164. The molecule has 0 bridgehead atoms. The average Bonchev–Trinajstić information content (AvgIpc) is 2.65. The van der Waals surface area contributed by atoms with Crippen molar-refractivity contribution in [2.45, 2.75) is 32.1 Å². The van der Waals surface area contributed by atoms with E-state index in [9.17, 15) is 4.79 Å². The Bertz CT molecular complexity index is 597. The van der Waals surface area contributed by atoms with Crippen LogP contribution in [0.25, 0.3) is 0 Å². The lowest BCUT2D eigenvalue weighted by atomic mass is 9.73. The van der Waals surface area contributed by atoms with E-state index in [-0.39, 0.29) is 11.3 Å². The molecule has 1 unspecified atom stereocenters. The molecule has 2 fully saturated rings. The number of rotatable bonds is 6. The van der Waals surface area contributed by atoms with Gasteiger partial charge in [-0.3, -0.25) is 4.79 Å². The molecule has 7 nitrogen and oxygen atoms in total. The van der Waals surface area contributed by atoms with Crippen LogP contribution < -0.4 is 9.64 Å². The van der Waals surface area contributed by atoms with Crippen molar-refractivity contribution in [1.29, 1.82) is 0 Å². The van der Waals surface area contributed by atoms with Gasteiger partial charge in [-0.05, 0) is 25.7 Å². The summed E-state index contributed by atoms with van der Waals surface area (Å²) in [6.45, 7) is 4.24. The van der Waals surface area contributed by atoms with Crippen molar-refractivity contribution < 1.29 is 14.3 Å². The molecular weight excluding hydrogens is 320 g/mol. The molecule has 0 aromatic carbocycles. The lowest BCUT2D eigenvalue weighted by molar-refractivity contribution is -0.138. The van der Waals surface area contributed by atoms with Crippen LogP contribution in [0.15, 0.2) is 12.4 Å². The van der Waals surface area contributed by atoms with E-state index in [0.29, 0.717) is 18.9 Å². The Balaban J connectivity index is 1.69. The Hall–Kier alpha value is -1.89. The number of aromatic nitrogens is 2. The van der Waals surface area contributed by atoms with Gasteiger partial charge in [0.05, 0.1) is 7.11 Å². The predicted molar refractivity (Wildman–Crippen MR) is 94.8 cm³/mol. The number of nitrogens with zero attached hydrogens (tertiary/aromatic N) is 4. The minimum Gasteiger partial charge on any atom is -0.481 e. The molecule has 3 heterocycles. The number of carbonyl (C=O) groups is 1. The third kappa shape index (κ3) is 4.21. The Morgan fingerprint density at radius 2 is 2.12 bits per heavy atom. The molecule has 0 N–H and O–H groups in total. The van der Waals surface area contributed by atoms with Crippen molar-refractivity contribution in [2.24, 2.45) is 5.41 Å². The number of hydrogen-bond acceptors (Lipinski definition) is 6. The highest BCUT2D eigenvalue weighted by atomic mass is 16.5. The smallest absolute Gasteiger partial charge is 0.222 e. The van der Waals surface area contributed by atoms with Crippen LogP contribution in [0.4, 0.5) is 5.82 Å². The van der Waals surface area contributed by atoms with Crippen LogP contribution in [0.1, 0.15) is 32.1 Å². The van der Waals surface area contributed by atoms with Gasteiger partial charge in [0.15, 0.2) is 0 Å². The SMILES string of the molecule is COCCCN1CC2(CCCN(c3cc(OC)ncn3)C2)CCC1=O. The lowest BCUT2D eigenvalue weighted by Gasteiger charge is -2.48. The van der Waals surface area contributed by atoms with Gasteiger partial charge < -0.3 is 19.3 Å². The predicted octanol–water partition coefficient (Wildman–Crippen LogP) is 1.73. The van der Waals surface area contributed by atoms with Gasteiger partial charge in [0.1, 0.15) is 12.1 Å². The molecule has 7 heteroatoms. The van der Waals surface area contributed by atoms with Crippen LogP contribution in [0.5, 0.6) is 5.88 Å². The van der Waals surface area contributed by atoms with Gasteiger partial charge in [0.25, 0.3) is 0 Å². The number of methoxy groups -OCH3 is 2. The first-order valence-electron chi connectivity index (χ1n) is 9.03. The monoisotopic (exact) mass is 348 g/mol. The van der Waals surface area contributed by atoms with Gasteiger partial charge in [0, 0.05) is 57.8 Å². The molecule has 1 aromatic heterocycles. The van der Waals surface area contributed by atoms with Gasteiger partial charge in [-0.15, -0.1) is 0 Å². The molecule has 2 aliphatic heterocycles. The summed E-state index contributed by atoms with van der Waals surface area (Å²) in [5, 5.41) is 0. The maximum Gasteiger partial charge on any atom is 0.222 e. The van der Waals surface area contributed by atoms with E-state index in [1.165, 1.54) is 6.42 Å². The summed E-state index contributed by atoms with van der Waals surface area (Å²) in [6, 6.07) is 1.89. The Morgan fingerprint density at radius 3 is 2.92 bits per heavy atom. The molecule has 1 amide bonds. The normalized spacial score (nSPS) is 24.0. The van der Waals surface area contributed by atoms with Gasteiger partial charge >= 0.3 is 0 Å². The Morgan fingerprint density at radius 1 is 1.24 bits per heavy atom. The summed E-state index contributed by atoms with van der Waals surface area (Å²) in [4.78, 5) is 25.2. The van der Waals surface area contributed by atoms with E-state index in [2.05, 4.69) is 14.9 Å². The summed E-state index contributed by atoms with van der Waals surface area (Å²) in [5.74, 6) is 1.78. The third-order valence-electron chi connectivity index (χ3n) is 5.35. The third-order valence-corrected chi connectivity index (χ3v) is 5.35. The van der Waals surface area contributed by atoms with Crippen LogP contribution in [0, 0.1) is 5.41 Å². The molecule has 1 atom stereocenters. The quantitative estimate of drug-likeness (QED) is 0.730. The van der Waals surface area contributed by atoms with Crippen molar-refractivity contribution in [1.82, 2.24) is 14.9 Å². The van der Waals surface area contributed by atoms with Gasteiger partial charge in [0.2, 0.25) is 11.8 Å². The Kier molecular flexibility index (Phi) is 5.73. The molecule has 1 spiro atoms. The van der Waals surface area contributed by atoms with Crippen LogP contribution in [-0.2, 0) is 9.53 Å². The number of anilines is 1. The summed E-state index contributed by atoms with van der Waals surface area (Å²) in [7, 11) is 3.32. The number of ether oxygens (including phenoxy) is 2. The first-order chi connectivity index (χ1) is 12.2. The van der Waals surface area contributed by atoms with E-state index in [1.807, 2.05) is 11.0 Å². The number of likely N-dealkylation sites (tertiary alicyclic amines) is 1. The second-order valence-electron chi connectivity index (χ2n) is 7.11. The number of amides is 1. The zero-order valence-corrected chi connectivity index (χ0v) is 15.2. The average molecular weight is 348 g/mol. The topological polar surface area (TPSA) is 67.8 Å². The van der Waals surface area contributed by atoms with Crippen molar-refractivity contribution in [3.63, 3.8) is 0 Å². The van der Waals surface area contributed by atoms with Crippen LogP contribution in [0.2, 0.25) is 0 Å². The summed E-state index contributed by atoms with van der Waals surface area (Å²) in [5.41, 5.74) is 0.164. The fourth-order valence-electron chi connectivity index (χ4n) is 4.06. The summed E-state index contributed by atoms with van der Waals surface area (Å²) < 4.78 is 10.4. The van der Waals surface area contributed by atoms with Crippen LogP contribution in [-0.4, -0.2) is 67.8 Å². The maximum atomic E-state index is 12.3. The molecule has 0 saturated carbocycles. The second-order valence-corrected chi connectivity index (χ2v) is 7.11. The van der Waals surface area contributed by atoms with Crippen molar-refractivity contribution in [3.8, 4) is 5.88 Å². The number of piperidine rings is 2. The van der Waals surface area contributed by atoms with Crippen molar-refractivity contribution >= 4 is 11.7 Å². The highest BCUT2D eigenvalue weighted by molar-refractivity contribution is 5.77. The second kappa shape index (κ2) is 7.99. The molecular formula is C18H28N4O3. The lowest BCUT2D eigenvalue weighted by Crippen LogP contribution is -2.54. The highest BCUT2D eigenvalue weighted by Gasteiger charge is 2.41. The fourth-order valence-corrected chi connectivity index (χ4v) is 4.06. The first kappa shape index (κ1) is 17.9. The standard InChI is InChI=1S/C18H28N4O3/c1-24-10-4-9-22-13-18(7-5-17(22)23)6-3-8-21(12-18)15-11-16(25-2)20-14-19-15/h11,14H,3-10,12-13H2,1-2H3. The van der Waals surface area contributed by atoms with E-state index >= 15 is 0 Å². The van der Waals surface area contributed by atoms with E-state index < -0.39 is 0 Å².